The van der Waals surface area contributed by atoms with E-state index >= 15 is 0 Å². The lowest BCUT2D eigenvalue weighted by molar-refractivity contribution is -0.140. The second-order valence-electron chi connectivity index (χ2n) is 8.43. The van der Waals surface area contributed by atoms with Gasteiger partial charge < -0.3 is 20.1 Å². The van der Waals surface area contributed by atoms with Crippen molar-refractivity contribution in [1.82, 2.24) is 0 Å². The van der Waals surface area contributed by atoms with Crippen LogP contribution in [0, 0.1) is 11.8 Å². The van der Waals surface area contributed by atoms with Gasteiger partial charge in [-0.2, -0.15) is 0 Å². The van der Waals surface area contributed by atoms with Crippen LogP contribution in [0.15, 0.2) is 17.5 Å². The third kappa shape index (κ3) is 8.75. The van der Waals surface area contributed by atoms with Gasteiger partial charge in [0.2, 0.25) is 0 Å². The van der Waals surface area contributed by atoms with Crippen molar-refractivity contribution in [2.45, 2.75) is 95.4 Å². The van der Waals surface area contributed by atoms with Crippen LogP contribution in [-0.4, -0.2) is 46.7 Å². The van der Waals surface area contributed by atoms with Crippen LogP contribution in [0.3, 0.4) is 0 Å². The van der Waals surface area contributed by atoms with E-state index in [9.17, 15) is 20.1 Å². The SMILES string of the molecule is COC(=O)CCCCCCC1C(O)CC(O)C1CCC(O)CCCc1cccs1. The number of unbranched alkanes of at least 4 members (excludes halogenated alkanes) is 3. The quantitative estimate of drug-likeness (QED) is 0.308. The van der Waals surface area contributed by atoms with Crippen molar-refractivity contribution in [2.24, 2.45) is 11.8 Å². The predicted octanol–water partition coefficient (Wildman–Crippen LogP) is 4.08. The molecular weight excluding hydrogens is 388 g/mol. The van der Waals surface area contributed by atoms with Crippen LogP contribution in [0.1, 0.15) is 75.5 Å². The van der Waals surface area contributed by atoms with Gasteiger partial charge in [0.05, 0.1) is 25.4 Å². The van der Waals surface area contributed by atoms with Crippen LogP contribution in [-0.2, 0) is 16.0 Å². The zero-order valence-electron chi connectivity index (χ0n) is 17.7. The maximum atomic E-state index is 11.1. The van der Waals surface area contributed by atoms with Crippen LogP contribution in [0.2, 0.25) is 0 Å². The minimum absolute atomic E-state index is 0.0759. The van der Waals surface area contributed by atoms with E-state index in [1.165, 1.54) is 12.0 Å². The minimum atomic E-state index is -0.465. The lowest BCUT2D eigenvalue weighted by Crippen LogP contribution is -2.24. The highest BCUT2D eigenvalue weighted by Crippen LogP contribution is 2.39. The molecule has 0 aromatic carbocycles. The summed E-state index contributed by atoms with van der Waals surface area (Å²) in [6.07, 6.45) is 8.64. The number of methoxy groups -OCH3 is 1. The van der Waals surface area contributed by atoms with Crippen LogP contribution in [0.25, 0.3) is 0 Å². The maximum absolute atomic E-state index is 11.1. The Labute approximate surface area is 179 Å². The number of aliphatic hydroxyl groups is 3. The molecule has 1 aliphatic rings. The molecule has 1 aromatic heterocycles. The van der Waals surface area contributed by atoms with Crippen molar-refractivity contribution in [2.75, 3.05) is 7.11 Å². The Morgan fingerprint density at radius 1 is 1.10 bits per heavy atom. The molecule has 29 heavy (non-hydrogen) atoms. The molecule has 6 heteroatoms. The van der Waals surface area contributed by atoms with Gasteiger partial charge in [-0.1, -0.05) is 25.3 Å². The fraction of sp³-hybridized carbons (Fsp3) is 0.783. The Balaban J connectivity index is 1.63. The average Bonchev–Trinajstić information content (AvgIpc) is 3.30. The van der Waals surface area contributed by atoms with E-state index in [2.05, 4.69) is 22.2 Å². The fourth-order valence-corrected chi connectivity index (χ4v) is 5.33. The van der Waals surface area contributed by atoms with Crippen LogP contribution in [0.5, 0.6) is 0 Å². The zero-order chi connectivity index (χ0) is 21.1. The predicted molar refractivity (Wildman–Crippen MR) is 116 cm³/mol. The highest BCUT2D eigenvalue weighted by molar-refractivity contribution is 7.09. The molecule has 5 unspecified atom stereocenters. The second-order valence-corrected chi connectivity index (χ2v) is 9.46. The Morgan fingerprint density at radius 3 is 2.52 bits per heavy atom. The van der Waals surface area contributed by atoms with E-state index in [-0.39, 0.29) is 23.9 Å². The summed E-state index contributed by atoms with van der Waals surface area (Å²) in [6, 6.07) is 4.19. The van der Waals surface area contributed by atoms with Crippen LogP contribution in [0.4, 0.5) is 0 Å². The first kappa shape index (κ1) is 24.3. The van der Waals surface area contributed by atoms with Crippen molar-refractivity contribution < 1.29 is 24.9 Å². The molecule has 0 spiro atoms. The summed E-state index contributed by atoms with van der Waals surface area (Å²) >= 11 is 1.76. The van der Waals surface area contributed by atoms with Crippen molar-refractivity contribution in [3.8, 4) is 0 Å². The summed E-state index contributed by atoms with van der Waals surface area (Å²) in [5.41, 5.74) is 0. The number of thiophene rings is 1. The molecule has 5 nitrogen and oxygen atoms in total. The van der Waals surface area contributed by atoms with Gasteiger partial charge in [0, 0.05) is 11.3 Å². The van der Waals surface area contributed by atoms with Gasteiger partial charge in [0.25, 0.3) is 0 Å². The second kappa shape index (κ2) is 13.4. The molecule has 5 atom stereocenters. The summed E-state index contributed by atoms with van der Waals surface area (Å²) in [5, 5.41) is 33.2. The smallest absolute Gasteiger partial charge is 0.305 e. The number of hydrogen-bond acceptors (Lipinski definition) is 6. The zero-order valence-corrected chi connectivity index (χ0v) is 18.5. The number of rotatable bonds is 14. The van der Waals surface area contributed by atoms with E-state index in [1.807, 2.05) is 0 Å². The monoisotopic (exact) mass is 426 g/mol. The number of esters is 1. The maximum Gasteiger partial charge on any atom is 0.305 e. The lowest BCUT2D eigenvalue weighted by atomic mass is 9.84. The molecule has 1 aliphatic carbocycles. The molecule has 0 radical (unpaired) electrons. The number of aliphatic hydroxyl groups excluding tert-OH is 3. The number of ether oxygens (including phenoxy) is 1. The molecule has 0 amide bonds. The summed E-state index contributed by atoms with van der Waals surface area (Å²) < 4.78 is 4.65. The van der Waals surface area contributed by atoms with E-state index in [1.54, 1.807) is 11.3 Å². The molecule has 2 rings (SSSR count). The number of hydrogen-bond donors (Lipinski definition) is 3. The summed E-state index contributed by atoms with van der Waals surface area (Å²) in [6.45, 7) is 0. The Hall–Kier alpha value is -0.950. The number of carbonyl (C=O) groups excluding carboxylic acids is 1. The van der Waals surface area contributed by atoms with Crippen LogP contribution >= 0.6 is 11.3 Å². The topological polar surface area (TPSA) is 87.0 Å². The molecule has 0 saturated heterocycles. The van der Waals surface area contributed by atoms with Crippen molar-refractivity contribution >= 4 is 17.3 Å². The van der Waals surface area contributed by atoms with Gasteiger partial charge in [-0.15, -0.1) is 11.3 Å². The minimum Gasteiger partial charge on any atom is -0.469 e. The first-order valence-electron chi connectivity index (χ1n) is 11.1. The molecule has 1 heterocycles. The van der Waals surface area contributed by atoms with Crippen molar-refractivity contribution in [1.29, 1.82) is 0 Å². The molecule has 3 N–H and O–H groups in total. The first-order valence-corrected chi connectivity index (χ1v) is 12.0. The third-order valence-electron chi connectivity index (χ3n) is 6.29. The van der Waals surface area contributed by atoms with Gasteiger partial charge in [-0.25, -0.2) is 0 Å². The van der Waals surface area contributed by atoms with Crippen molar-refractivity contribution in [3.05, 3.63) is 22.4 Å². The standard InChI is InChI=1S/C23H38O5S/c1-28-23(27)12-5-3-2-4-11-19-20(22(26)16-21(19)25)14-13-17(24)8-6-9-18-10-7-15-29-18/h7,10,15,17,19-22,24-26H,2-6,8-9,11-14,16H2,1H3. The molecule has 1 aromatic rings. The number of carbonyl (C=O) groups is 1. The lowest BCUT2D eigenvalue weighted by Gasteiger charge is -2.24. The number of aryl methyl sites for hydroxylation is 1. The third-order valence-corrected chi connectivity index (χ3v) is 7.23. The average molecular weight is 427 g/mol. The van der Waals surface area contributed by atoms with E-state index in [4.69, 9.17) is 0 Å². The van der Waals surface area contributed by atoms with Gasteiger partial charge >= 0.3 is 5.97 Å². The molecule has 1 saturated carbocycles. The summed E-state index contributed by atoms with van der Waals surface area (Å²) in [4.78, 5) is 12.5. The largest absolute Gasteiger partial charge is 0.469 e. The van der Waals surface area contributed by atoms with Gasteiger partial charge in [0.1, 0.15) is 0 Å². The van der Waals surface area contributed by atoms with E-state index in [0.29, 0.717) is 19.3 Å². The molecule has 0 bridgehead atoms. The highest BCUT2D eigenvalue weighted by Gasteiger charge is 2.40. The molecule has 0 aliphatic heterocycles. The first-order chi connectivity index (χ1) is 14.0. The van der Waals surface area contributed by atoms with E-state index < -0.39 is 12.2 Å². The van der Waals surface area contributed by atoms with Crippen molar-refractivity contribution in [3.63, 3.8) is 0 Å². The summed E-state index contributed by atoms with van der Waals surface area (Å²) in [5.74, 6) is 0.0317. The molecular formula is C23H38O5S. The van der Waals surface area contributed by atoms with Gasteiger partial charge in [-0.05, 0) is 74.6 Å². The Kier molecular flexibility index (Phi) is 11.2. The van der Waals surface area contributed by atoms with E-state index in [0.717, 1.165) is 57.8 Å². The van der Waals surface area contributed by atoms with Gasteiger partial charge in [0.15, 0.2) is 0 Å². The molecule has 166 valence electrons. The van der Waals surface area contributed by atoms with Gasteiger partial charge in [-0.3, -0.25) is 4.79 Å². The highest BCUT2D eigenvalue weighted by atomic mass is 32.1. The Morgan fingerprint density at radius 2 is 1.83 bits per heavy atom. The summed E-state index contributed by atoms with van der Waals surface area (Å²) in [7, 11) is 1.41. The Bertz CT molecular complexity index is 562. The fourth-order valence-electron chi connectivity index (χ4n) is 4.58. The normalized spacial score (nSPS) is 25.2. The van der Waals surface area contributed by atoms with Crippen LogP contribution < -0.4 is 0 Å². The molecule has 1 fully saturated rings.